The van der Waals surface area contributed by atoms with E-state index in [0.29, 0.717) is 0 Å². The van der Waals surface area contributed by atoms with Crippen LogP contribution in [0.3, 0.4) is 0 Å². The number of thiophene rings is 2. The molecule has 44 heavy (non-hydrogen) atoms. The Hall–Kier alpha value is -5.48. The Labute approximate surface area is 262 Å². The molecule has 2 heterocycles. The Morgan fingerprint density at radius 1 is 0.636 bits per heavy atom. The smallest absolute Gasteiger partial charge is 0.346 e. The normalized spacial score (nSPS) is 11.5. The highest BCUT2D eigenvalue weighted by molar-refractivity contribution is 7.25. The summed E-state index contributed by atoms with van der Waals surface area (Å²) in [5, 5.41) is 20.7. The number of carboxylic acid groups (broad SMARTS) is 1. The van der Waals surface area contributed by atoms with Gasteiger partial charge in [-0.3, -0.25) is 0 Å². The summed E-state index contributed by atoms with van der Waals surface area (Å²) in [4.78, 5) is 15.3. The van der Waals surface area contributed by atoms with Gasteiger partial charge in [-0.25, -0.2) is 4.79 Å². The number of fused-ring (bicyclic) bond motifs is 3. The van der Waals surface area contributed by atoms with E-state index < -0.39 is 5.97 Å². The first kappa shape index (κ1) is 27.4. The average Bonchev–Trinajstić information content (AvgIpc) is 3.69. The van der Waals surface area contributed by atoms with Crippen molar-refractivity contribution in [3.05, 3.63) is 144 Å². The number of benzene rings is 5. The van der Waals surface area contributed by atoms with Gasteiger partial charge in [-0.15, -0.1) is 22.7 Å². The minimum Gasteiger partial charge on any atom is -0.477 e. The van der Waals surface area contributed by atoms with Gasteiger partial charge in [0.05, 0.1) is 0 Å². The van der Waals surface area contributed by atoms with E-state index in [1.54, 1.807) is 17.4 Å². The Kier molecular flexibility index (Phi) is 7.25. The predicted molar refractivity (Wildman–Crippen MR) is 184 cm³/mol. The van der Waals surface area contributed by atoms with Crippen LogP contribution in [0, 0.1) is 11.3 Å². The van der Waals surface area contributed by atoms with Gasteiger partial charge in [0, 0.05) is 47.0 Å². The van der Waals surface area contributed by atoms with E-state index in [9.17, 15) is 9.90 Å². The van der Waals surface area contributed by atoms with Gasteiger partial charge < -0.3 is 10.0 Å². The van der Waals surface area contributed by atoms with Crippen LogP contribution in [-0.4, -0.2) is 11.1 Å². The van der Waals surface area contributed by atoms with Gasteiger partial charge in [0.25, 0.3) is 0 Å². The van der Waals surface area contributed by atoms with Crippen LogP contribution in [0.25, 0.3) is 47.8 Å². The number of carboxylic acids is 1. The molecule has 0 radical (unpaired) electrons. The predicted octanol–water partition coefficient (Wildman–Crippen LogP) is 10.9. The number of nitrogens with zero attached hydrogens (tertiary/aromatic N) is 2. The summed E-state index contributed by atoms with van der Waals surface area (Å²) in [5.41, 5.74) is 6.39. The fraction of sp³-hybridized carbons (Fsp3) is 0. The van der Waals surface area contributed by atoms with Gasteiger partial charge in [0.2, 0.25) is 0 Å². The number of hydrogen-bond donors (Lipinski definition) is 1. The minimum atomic E-state index is -1.22. The molecule has 0 fully saturated rings. The molecule has 0 spiro atoms. The van der Waals surface area contributed by atoms with E-state index in [1.165, 1.54) is 37.6 Å². The molecule has 0 unspecified atom stereocenters. The molecule has 0 aliphatic heterocycles. The number of rotatable bonds is 7. The lowest BCUT2D eigenvalue weighted by molar-refractivity contribution is -0.132. The zero-order valence-electron chi connectivity index (χ0n) is 23.3. The maximum absolute atomic E-state index is 11.3. The highest BCUT2D eigenvalue weighted by Gasteiger charge is 2.14. The molecule has 0 saturated heterocycles. The Bertz CT molecular complexity index is 2170. The molecule has 6 heteroatoms. The topological polar surface area (TPSA) is 64.3 Å². The van der Waals surface area contributed by atoms with Crippen LogP contribution in [0.1, 0.15) is 4.88 Å². The van der Waals surface area contributed by atoms with Crippen molar-refractivity contribution in [2.75, 3.05) is 4.90 Å². The first-order chi connectivity index (χ1) is 21.6. The number of aliphatic carboxylic acids is 1. The van der Waals surface area contributed by atoms with Crippen LogP contribution in [0.4, 0.5) is 17.1 Å². The van der Waals surface area contributed by atoms with Crippen molar-refractivity contribution in [3.63, 3.8) is 0 Å². The lowest BCUT2D eigenvalue weighted by atomic mass is 10.0. The second kappa shape index (κ2) is 11.7. The summed E-state index contributed by atoms with van der Waals surface area (Å²) in [5.74, 6) is -1.22. The lowest BCUT2D eigenvalue weighted by Gasteiger charge is -2.25. The quantitative estimate of drug-likeness (QED) is 0.145. The molecule has 0 amide bonds. The second-order valence-corrected chi connectivity index (χ2v) is 12.5. The van der Waals surface area contributed by atoms with E-state index in [4.69, 9.17) is 5.26 Å². The maximum Gasteiger partial charge on any atom is 0.346 e. The third-order valence-electron chi connectivity index (χ3n) is 7.51. The molecular formula is C38H24N2O2S2. The van der Waals surface area contributed by atoms with Crippen LogP contribution in [-0.2, 0) is 4.79 Å². The maximum atomic E-state index is 11.3. The number of hydrogen-bond acceptors (Lipinski definition) is 5. The average molecular weight is 605 g/mol. The van der Waals surface area contributed by atoms with Gasteiger partial charge in [-0.1, -0.05) is 60.7 Å². The summed E-state index contributed by atoms with van der Waals surface area (Å²) >= 11 is 3.25. The first-order valence-corrected chi connectivity index (χ1v) is 15.6. The second-order valence-electron chi connectivity index (χ2n) is 10.3. The molecule has 210 valence electrons. The molecule has 7 aromatic rings. The number of carbonyl (C=O) groups is 1. The monoisotopic (exact) mass is 604 g/mol. The van der Waals surface area contributed by atoms with Gasteiger partial charge in [-0.2, -0.15) is 5.26 Å². The zero-order valence-corrected chi connectivity index (χ0v) is 25.0. The van der Waals surface area contributed by atoms with Crippen LogP contribution in [0.15, 0.2) is 139 Å². The summed E-state index contributed by atoms with van der Waals surface area (Å²) in [6.45, 7) is 0. The van der Waals surface area contributed by atoms with Crippen molar-refractivity contribution in [1.29, 1.82) is 5.26 Å². The minimum absolute atomic E-state index is 0.272. The SMILES string of the molecule is N#C/C(=C/c1ccc(-c2ccc3sc4ccc(-c5ccc(N(c6ccccc6)c6ccccc6)cc5)cc4c3c2)s1)C(=O)O. The van der Waals surface area contributed by atoms with Gasteiger partial charge >= 0.3 is 5.97 Å². The Morgan fingerprint density at radius 3 is 1.77 bits per heavy atom. The van der Waals surface area contributed by atoms with Crippen LogP contribution in [0.2, 0.25) is 0 Å². The van der Waals surface area contributed by atoms with Crippen molar-refractivity contribution in [1.82, 2.24) is 0 Å². The summed E-state index contributed by atoms with van der Waals surface area (Å²) in [7, 11) is 0. The van der Waals surface area contributed by atoms with E-state index in [2.05, 4.69) is 114 Å². The number of nitriles is 1. The van der Waals surface area contributed by atoms with Crippen molar-refractivity contribution >= 4 is 72.0 Å². The highest BCUT2D eigenvalue weighted by atomic mass is 32.1. The van der Waals surface area contributed by atoms with E-state index in [0.717, 1.165) is 43.5 Å². The summed E-state index contributed by atoms with van der Waals surface area (Å²) in [6.07, 6.45) is 1.42. The number of anilines is 3. The molecule has 4 nitrogen and oxygen atoms in total. The van der Waals surface area contributed by atoms with E-state index in [-0.39, 0.29) is 5.57 Å². The molecule has 1 N–H and O–H groups in total. The Balaban J connectivity index is 1.23. The van der Waals surface area contributed by atoms with Crippen molar-refractivity contribution < 1.29 is 9.90 Å². The molecule has 0 saturated carbocycles. The fourth-order valence-corrected chi connectivity index (χ4v) is 7.40. The largest absolute Gasteiger partial charge is 0.477 e. The highest BCUT2D eigenvalue weighted by Crippen LogP contribution is 2.40. The van der Waals surface area contributed by atoms with Gasteiger partial charge in [0.15, 0.2) is 0 Å². The molecule has 7 rings (SSSR count). The van der Waals surface area contributed by atoms with E-state index >= 15 is 0 Å². The van der Waals surface area contributed by atoms with Crippen molar-refractivity contribution in [2.24, 2.45) is 0 Å². The fourth-order valence-electron chi connectivity index (χ4n) is 5.38. The molecule has 0 bridgehead atoms. The summed E-state index contributed by atoms with van der Waals surface area (Å²) in [6, 6.07) is 48.2. The lowest BCUT2D eigenvalue weighted by Crippen LogP contribution is -2.09. The van der Waals surface area contributed by atoms with Crippen molar-refractivity contribution in [2.45, 2.75) is 0 Å². The van der Waals surface area contributed by atoms with Crippen LogP contribution < -0.4 is 4.90 Å². The third-order valence-corrected chi connectivity index (χ3v) is 9.74. The molecule has 0 aliphatic rings. The molecule has 5 aromatic carbocycles. The van der Waals surface area contributed by atoms with E-state index in [1.807, 2.05) is 24.3 Å². The molecule has 2 aromatic heterocycles. The van der Waals surface area contributed by atoms with Crippen LogP contribution in [0.5, 0.6) is 0 Å². The molecule has 0 aliphatic carbocycles. The van der Waals surface area contributed by atoms with Crippen molar-refractivity contribution in [3.8, 4) is 27.6 Å². The molecular weight excluding hydrogens is 581 g/mol. The summed E-state index contributed by atoms with van der Waals surface area (Å²) < 4.78 is 2.44. The first-order valence-electron chi connectivity index (χ1n) is 14.0. The Morgan fingerprint density at radius 2 is 1.18 bits per heavy atom. The third kappa shape index (κ3) is 5.27. The van der Waals surface area contributed by atoms with Gasteiger partial charge in [0.1, 0.15) is 11.6 Å². The standard InChI is InChI=1S/C38H24N2O2S2/c39-24-28(38(41)42)21-32-17-20-35(43-32)27-14-19-37-34(23-27)33-22-26(13-18-36(33)44-37)25-11-15-31(16-12-25)40(29-7-3-1-4-8-29)30-9-5-2-6-10-30/h1-23H,(H,41,42)/b28-21-. The van der Waals surface area contributed by atoms with Crippen LogP contribution >= 0.6 is 22.7 Å². The zero-order chi connectivity index (χ0) is 30.0. The molecule has 0 atom stereocenters. The number of para-hydroxylation sites is 2. The van der Waals surface area contributed by atoms with Gasteiger partial charge in [-0.05, 0) is 95.6 Å².